The van der Waals surface area contributed by atoms with Gasteiger partial charge in [0.15, 0.2) is 5.96 Å². The van der Waals surface area contributed by atoms with E-state index in [0.29, 0.717) is 6.04 Å². The zero-order chi connectivity index (χ0) is 15.8. The molecule has 2 fully saturated rings. The Kier molecular flexibility index (Phi) is 8.00. The SMILES string of the molecule is CCN1CCN(C)CC1.CN1CCC(N(C)C(=N)N)CC1. The average molecular weight is 298 g/mol. The van der Waals surface area contributed by atoms with Crippen molar-refractivity contribution in [3.05, 3.63) is 0 Å². The zero-order valence-electron chi connectivity index (χ0n) is 14.3. The van der Waals surface area contributed by atoms with Crippen LogP contribution in [0, 0.1) is 5.41 Å². The number of piperazine rings is 1. The molecule has 0 spiro atoms. The molecule has 0 saturated carbocycles. The Balaban J connectivity index is 0.000000219. The molecule has 0 amide bonds. The summed E-state index contributed by atoms with van der Waals surface area (Å²) in [6, 6.07) is 0.471. The zero-order valence-corrected chi connectivity index (χ0v) is 14.3. The summed E-state index contributed by atoms with van der Waals surface area (Å²) < 4.78 is 0. The lowest BCUT2D eigenvalue weighted by Gasteiger charge is -2.35. The van der Waals surface area contributed by atoms with Crippen molar-refractivity contribution in [3.8, 4) is 0 Å². The number of nitrogens with zero attached hydrogens (tertiary/aromatic N) is 4. The van der Waals surface area contributed by atoms with Crippen LogP contribution in [0.3, 0.4) is 0 Å². The van der Waals surface area contributed by atoms with Gasteiger partial charge in [-0.1, -0.05) is 6.92 Å². The van der Waals surface area contributed by atoms with Gasteiger partial charge >= 0.3 is 0 Å². The maximum atomic E-state index is 7.28. The minimum atomic E-state index is 0.185. The van der Waals surface area contributed by atoms with E-state index in [1.807, 2.05) is 11.9 Å². The summed E-state index contributed by atoms with van der Waals surface area (Å²) in [5, 5.41) is 7.28. The van der Waals surface area contributed by atoms with Gasteiger partial charge in [0.05, 0.1) is 0 Å². The van der Waals surface area contributed by atoms with Crippen LogP contribution >= 0.6 is 0 Å². The fraction of sp³-hybridized carbons (Fsp3) is 0.933. The second-order valence-electron chi connectivity index (χ2n) is 6.27. The van der Waals surface area contributed by atoms with E-state index >= 15 is 0 Å². The third kappa shape index (κ3) is 6.63. The van der Waals surface area contributed by atoms with Crippen molar-refractivity contribution >= 4 is 5.96 Å². The largest absolute Gasteiger partial charge is 0.370 e. The number of rotatable bonds is 2. The van der Waals surface area contributed by atoms with Crippen molar-refractivity contribution in [2.75, 3.05) is 67.0 Å². The van der Waals surface area contributed by atoms with E-state index in [1.54, 1.807) is 0 Å². The van der Waals surface area contributed by atoms with Crippen LogP contribution < -0.4 is 5.73 Å². The summed E-state index contributed by atoms with van der Waals surface area (Å²) >= 11 is 0. The van der Waals surface area contributed by atoms with Crippen LogP contribution in [0.2, 0.25) is 0 Å². The highest BCUT2D eigenvalue weighted by Gasteiger charge is 2.20. The Morgan fingerprint density at radius 3 is 1.95 bits per heavy atom. The van der Waals surface area contributed by atoms with Crippen LogP contribution in [-0.4, -0.2) is 98.6 Å². The van der Waals surface area contributed by atoms with E-state index in [-0.39, 0.29) is 5.96 Å². The second kappa shape index (κ2) is 9.23. The number of likely N-dealkylation sites (tertiary alicyclic amines) is 1. The molecule has 6 nitrogen and oxygen atoms in total. The Morgan fingerprint density at radius 2 is 1.52 bits per heavy atom. The highest BCUT2D eigenvalue weighted by Crippen LogP contribution is 2.13. The predicted molar refractivity (Wildman–Crippen MR) is 89.8 cm³/mol. The maximum Gasteiger partial charge on any atom is 0.188 e. The molecule has 0 unspecified atom stereocenters. The lowest BCUT2D eigenvalue weighted by atomic mass is 10.0. The molecular weight excluding hydrogens is 264 g/mol. The van der Waals surface area contributed by atoms with E-state index in [0.717, 1.165) is 25.9 Å². The topological polar surface area (TPSA) is 62.8 Å². The first-order valence-electron chi connectivity index (χ1n) is 8.10. The van der Waals surface area contributed by atoms with Gasteiger partial charge in [0, 0.05) is 39.3 Å². The molecule has 2 heterocycles. The van der Waals surface area contributed by atoms with Gasteiger partial charge in [0.1, 0.15) is 0 Å². The van der Waals surface area contributed by atoms with Crippen molar-refractivity contribution in [1.82, 2.24) is 19.6 Å². The number of nitrogens with one attached hydrogen (secondary N) is 1. The van der Waals surface area contributed by atoms with E-state index in [9.17, 15) is 0 Å². The van der Waals surface area contributed by atoms with Gasteiger partial charge in [-0.3, -0.25) is 5.41 Å². The molecule has 0 aromatic rings. The predicted octanol–water partition coefficient (Wildman–Crippen LogP) is 0.160. The van der Waals surface area contributed by atoms with Gasteiger partial charge in [-0.25, -0.2) is 0 Å². The van der Waals surface area contributed by atoms with Gasteiger partial charge in [-0.05, 0) is 46.6 Å². The first-order valence-corrected chi connectivity index (χ1v) is 8.10. The average Bonchev–Trinajstić information content (AvgIpc) is 2.49. The third-order valence-corrected chi connectivity index (χ3v) is 4.66. The Labute approximate surface area is 130 Å². The molecule has 0 bridgehead atoms. The maximum absolute atomic E-state index is 7.28. The normalized spacial score (nSPS) is 22.5. The van der Waals surface area contributed by atoms with Crippen molar-refractivity contribution in [3.63, 3.8) is 0 Å². The fourth-order valence-electron chi connectivity index (χ4n) is 2.74. The number of piperidine rings is 1. The molecule has 0 aromatic carbocycles. The van der Waals surface area contributed by atoms with Crippen LogP contribution in [0.25, 0.3) is 0 Å². The van der Waals surface area contributed by atoms with Crippen LogP contribution in [-0.2, 0) is 0 Å². The lowest BCUT2D eigenvalue weighted by molar-refractivity contribution is 0.160. The molecule has 124 valence electrons. The molecule has 2 aliphatic rings. The van der Waals surface area contributed by atoms with Crippen molar-refractivity contribution in [2.24, 2.45) is 5.73 Å². The minimum Gasteiger partial charge on any atom is -0.370 e. The number of hydrogen-bond donors (Lipinski definition) is 2. The van der Waals surface area contributed by atoms with Crippen LogP contribution in [0.15, 0.2) is 0 Å². The van der Waals surface area contributed by atoms with Crippen molar-refractivity contribution in [2.45, 2.75) is 25.8 Å². The number of guanidine groups is 1. The van der Waals surface area contributed by atoms with Gasteiger partial charge in [0.25, 0.3) is 0 Å². The summed E-state index contributed by atoms with van der Waals surface area (Å²) in [6.07, 6.45) is 2.24. The number of nitrogens with two attached hydrogens (primary N) is 1. The van der Waals surface area contributed by atoms with E-state index in [4.69, 9.17) is 11.1 Å². The van der Waals surface area contributed by atoms with Crippen molar-refractivity contribution in [1.29, 1.82) is 5.41 Å². The molecule has 0 aromatic heterocycles. The summed E-state index contributed by atoms with van der Waals surface area (Å²) in [7, 11) is 6.22. The summed E-state index contributed by atoms with van der Waals surface area (Å²) in [6.45, 7) is 10.7. The van der Waals surface area contributed by atoms with Gasteiger partial charge < -0.3 is 25.3 Å². The summed E-state index contributed by atoms with van der Waals surface area (Å²) in [4.78, 5) is 9.05. The van der Waals surface area contributed by atoms with Gasteiger partial charge in [-0.2, -0.15) is 0 Å². The molecule has 21 heavy (non-hydrogen) atoms. The van der Waals surface area contributed by atoms with Gasteiger partial charge in [0.2, 0.25) is 0 Å². The standard InChI is InChI=1S/C8H18N4.C7H16N2/c1-11-5-3-7(4-6-11)12(2)8(9)10;1-3-9-6-4-8(2)5-7-9/h7H,3-6H2,1-2H3,(H3,9,10);3-7H2,1-2H3. The molecule has 0 atom stereocenters. The number of likely N-dealkylation sites (N-methyl/N-ethyl adjacent to an activating group) is 2. The third-order valence-electron chi connectivity index (χ3n) is 4.66. The number of hydrogen-bond acceptors (Lipinski definition) is 4. The minimum absolute atomic E-state index is 0.185. The van der Waals surface area contributed by atoms with E-state index in [2.05, 4.69) is 35.7 Å². The molecule has 3 N–H and O–H groups in total. The smallest absolute Gasteiger partial charge is 0.188 e. The van der Waals surface area contributed by atoms with Crippen molar-refractivity contribution < 1.29 is 0 Å². The first-order chi connectivity index (χ1) is 9.93. The molecule has 2 rings (SSSR count). The summed E-state index contributed by atoms with van der Waals surface area (Å²) in [5.41, 5.74) is 5.40. The highest BCUT2D eigenvalue weighted by atomic mass is 15.2. The van der Waals surface area contributed by atoms with Crippen LogP contribution in [0.4, 0.5) is 0 Å². The highest BCUT2D eigenvalue weighted by molar-refractivity contribution is 5.74. The molecule has 2 saturated heterocycles. The summed E-state index contributed by atoms with van der Waals surface area (Å²) in [5.74, 6) is 0.185. The Bertz CT molecular complexity index is 293. The quantitative estimate of drug-likeness (QED) is 0.562. The Morgan fingerprint density at radius 1 is 1.05 bits per heavy atom. The first kappa shape index (κ1) is 18.2. The molecule has 6 heteroatoms. The van der Waals surface area contributed by atoms with E-state index < -0.39 is 0 Å². The molecule has 2 aliphatic heterocycles. The van der Waals surface area contributed by atoms with E-state index in [1.165, 1.54) is 32.7 Å². The monoisotopic (exact) mass is 298 g/mol. The second-order valence-corrected chi connectivity index (χ2v) is 6.27. The lowest BCUT2D eigenvalue weighted by Crippen LogP contribution is -2.46. The fourth-order valence-corrected chi connectivity index (χ4v) is 2.74. The van der Waals surface area contributed by atoms with Gasteiger partial charge in [-0.15, -0.1) is 0 Å². The van der Waals surface area contributed by atoms with Crippen LogP contribution in [0.5, 0.6) is 0 Å². The molecule has 0 radical (unpaired) electrons. The molecular formula is C15H34N6. The Hall–Kier alpha value is -0.850. The van der Waals surface area contributed by atoms with Crippen LogP contribution in [0.1, 0.15) is 19.8 Å². The molecule has 0 aliphatic carbocycles.